The lowest BCUT2D eigenvalue weighted by Gasteiger charge is -2.35. The van der Waals surface area contributed by atoms with Gasteiger partial charge in [0.15, 0.2) is 0 Å². The summed E-state index contributed by atoms with van der Waals surface area (Å²) in [6.45, 7) is 2.92. The fourth-order valence-corrected chi connectivity index (χ4v) is 2.19. The summed E-state index contributed by atoms with van der Waals surface area (Å²) in [6, 6.07) is 8.12. The summed E-state index contributed by atoms with van der Waals surface area (Å²) in [7, 11) is 0. The Morgan fingerprint density at radius 3 is 3.00 bits per heavy atom. The third kappa shape index (κ3) is 1.50. The summed E-state index contributed by atoms with van der Waals surface area (Å²) < 4.78 is 5.59. The van der Waals surface area contributed by atoms with Gasteiger partial charge in [0.2, 0.25) is 0 Å². The average molecular weight is 191 g/mol. The predicted octanol–water partition coefficient (Wildman–Crippen LogP) is 2.42. The average Bonchev–Trinajstić information content (AvgIpc) is 2.19. The van der Waals surface area contributed by atoms with Crippen molar-refractivity contribution >= 4 is 0 Å². The predicted molar refractivity (Wildman–Crippen MR) is 57.3 cm³/mol. The van der Waals surface area contributed by atoms with E-state index in [1.54, 1.807) is 0 Å². The Hall–Kier alpha value is -1.02. The Kier molecular flexibility index (Phi) is 2.46. The number of ether oxygens (including phenoxy) is 1. The number of hydrogen-bond acceptors (Lipinski definition) is 2. The summed E-state index contributed by atoms with van der Waals surface area (Å²) in [6.07, 6.45) is 3.08. The van der Waals surface area contributed by atoms with Crippen LogP contribution in [-0.4, -0.2) is 6.61 Å². The summed E-state index contributed by atoms with van der Waals surface area (Å²) in [5.74, 6) is 0.967. The molecule has 1 aromatic rings. The van der Waals surface area contributed by atoms with Crippen LogP contribution < -0.4 is 10.5 Å². The molecule has 0 spiro atoms. The quantitative estimate of drug-likeness (QED) is 0.779. The molecular weight excluding hydrogens is 174 g/mol. The lowest BCUT2D eigenvalue weighted by atomic mass is 9.82. The number of para-hydroxylation sites is 1. The zero-order chi connectivity index (χ0) is 10.0. The van der Waals surface area contributed by atoms with Gasteiger partial charge in [-0.15, -0.1) is 0 Å². The molecule has 0 aliphatic carbocycles. The first kappa shape index (κ1) is 9.53. The fourth-order valence-electron chi connectivity index (χ4n) is 2.19. The highest BCUT2D eigenvalue weighted by molar-refractivity contribution is 5.40. The number of nitrogens with two attached hydrogens (primary N) is 1. The molecule has 2 heteroatoms. The van der Waals surface area contributed by atoms with Gasteiger partial charge in [0.25, 0.3) is 0 Å². The van der Waals surface area contributed by atoms with Crippen LogP contribution in [0.3, 0.4) is 0 Å². The van der Waals surface area contributed by atoms with E-state index in [2.05, 4.69) is 13.0 Å². The number of hydrogen-bond donors (Lipinski definition) is 1. The minimum absolute atomic E-state index is 0.163. The molecule has 1 atom stereocenters. The Labute approximate surface area is 85.1 Å². The van der Waals surface area contributed by atoms with E-state index >= 15 is 0 Å². The van der Waals surface area contributed by atoms with Gasteiger partial charge in [-0.3, -0.25) is 0 Å². The third-order valence-electron chi connectivity index (χ3n) is 2.93. The van der Waals surface area contributed by atoms with Crippen LogP contribution in [0.15, 0.2) is 24.3 Å². The van der Waals surface area contributed by atoms with E-state index in [0.29, 0.717) is 0 Å². The molecule has 0 fully saturated rings. The zero-order valence-electron chi connectivity index (χ0n) is 8.62. The van der Waals surface area contributed by atoms with Gasteiger partial charge in [-0.1, -0.05) is 31.5 Å². The van der Waals surface area contributed by atoms with Crippen molar-refractivity contribution in [2.75, 3.05) is 6.61 Å². The van der Waals surface area contributed by atoms with E-state index in [1.807, 2.05) is 18.2 Å². The van der Waals surface area contributed by atoms with E-state index in [1.165, 1.54) is 5.56 Å². The van der Waals surface area contributed by atoms with Crippen molar-refractivity contribution in [3.8, 4) is 5.75 Å². The van der Waals surface area contributed by atoms with Crippen LogP contribution in [0.1, 0.15) is 31.7 Å². The van der Waals surface area contributed by atoms with Crippen molar-refractivity contribution in [3.63, 3.8) is 0 Å². The van der Waals surface area contributed by atoms with Gasteiger partial charge in [0.05, 0.1) is 6.61 Å². The first-order chi connectivity index (χ1) is 6.76. The molecular formula is C12H17NO. The minimum Gasteiger partial charge on any atom is -0.493 e. The van der Waals surface area contributed by atoms with Crippen molar-refractivity contribution < 1.29 is 4.74 Å². The van der Waals surface area contributed by atoms with Gasteiger partial charge in [0.1, 0.15) is 5.75 Å². The van der Waals surface area contributed by atoms with Gasteiger partial charge in [-0.05, 0) is 12.5 Å². The maximum atomic E-state index is 6.40. The van der Waals surface area contributed by atoms with Crippen molar-refractivity contribution in [2.45, 2.75) is 31.7 Å². The van der Waals surface area contributed by atoms with Crippen molar-refractivity contribution in [2.24, 2.45) is 5.73 Å². The van der Waals surface area contributed by atoms with E-state index in [-0.39, 0.29) is 5.54 Å². The van der Waals surface area contributed by atoms with Crippen LogP contribution in [0.4, 0.5) is 0 Å². The molecule has 2 rings (SSSR count). The Morgan fingerprint density at radius 2 is 2.21 bits per heavy atom. The van der Waals surface area contributed by atoms with Crippen LogP contribution in [0.2, 0.25) is 0 Å². The number of fused-ring (bicyclic) bond motifs is 1. The molecule has 0 radical (unpaired) electrons. The molecule has 2 N–H and O–H groups in total. The van der Waals surface area contributed by atoms with E-state index in [4.69, 9.17) is 10.5 Å². The summed E-state index contributed by atoms with van der Waals surface area (Å²) >= 11 is 0. The van der Waals surface area contributed by atoms with Crippen LogP contribution in [0, 0.1) is 0 Å². The van der Waals surface area contributed by atoms with Gasteiger partial charge in [0, 0.05) is 17.5 Å². The lowest BCUT2D eigenvalue weighted by Crippen LogP contribution is -2.41. The molecule has 14 heavy (non-hydrogen) atoms. The van der Waals surface area contributed by atoms with Crippen LogP contribution in [0.5, 0.6) is 5.75 Å². The molecule has 1 aliphatic heterocycles. The number of benzene rings is 1. The van der Waals surface area contributed by atoms with Crippen molar-refractivity contribution in [1.29, 1.82) is 0 Å². The summed E-state index contributed by atoms with van der Waals surface area (Å²) in [5, 5.41) is 0. The molecule has 1 aliphatic rings. The minimum atomic E-state index is -0.163. The standard InChI is InChI=1S/C12H17NO/c1-2-7-12(13)8-9-14-11-6-4-3-5-10(11)12/h3-6H,2,7-9,13H2,1H3. The smallest absolute Gasteiger partial charge is 0.124 e. The van der Waals surface area contributed by atoms with Crippen LogP contribution in [-0.2, 0) is 5.54 Å². The highest BCUT2D eigenvalue weighted by Gasteiger charge is 2.32. The molecule has 0 saturated heterocycles. The zero-order valence-corrected chi connectivity index (χ0v) is 8.62. The largest absolute Gasteiger partial charge is 0.493 e. The molecule has 2 nitrogen and oxygen atoms in total. The second kappa shape index (κ2) is 3.62. The van der Waals surface area contributed by atoms with Crippen molar-refractivity contribution in [1.82, 2.24) is 0 Å². The summed E-state index contributed by atoms with van der Waals surface area (Å²) in [4.78, 5) is 0. The van der Waals surface area contributed by atoms with E-state index in [9.17, 15) is 0 Å². The monoisotopic (exact) mass is 191 g/mol. The van der Waals surface area contributed by atoms with Gasteiger partial charge in [-0.2, -0.15) is 0 Å². The molecule has 0 aromatic heterocycles. The molecule has 0 bridgehead atoms. The second-order valence-electron chi connectivity index (χ2n) is 4.00. The van der Waals surface area contributed by atoms with Crippen LogP contribution in [0.25, 0.3) is 0 Å². The van der Waals surface area contributed by atoms with Gasteiger partial charge in [-0.25, -0.2) is 0 Å². The lowest BCUT2D eigenvalue weighted by molar-refractivity contribution is 0.207. The molecule has 76 valence electrons. The molecule has 1 heterocycles. The third-order valence-corrected chi connectivity index (χ3v) is 2.93. The fraction of sp³-hybridized carbons (Fsp3) is 0.500. The highest BCUT2D eigenvalue weighted by atomic mass is 16.5. The maximum absolute atomic E-state index is 6.40. The highest BCUT2D eigenvalue weighted by Crippen LogP contribution is 2.37. The normalized spacial score (nSPS) is 25.3. The van der Waals surface area contributed by atoms with E-state index < -0.39 is 0 Å². The molecule has 1 unspecified atom stereocenters. The molecule has 0 saturated carbocycles. The topological polar surface area (TPSA) is 35.2 Å². The maximum Gasteiger partial charge on any atom is 0.124 e. The number of rotatable bonds is 2. The molecule has 0 amide bonds. The first-order valence-electron chi connectivity index (χ1n) is 5.27. The van der Waals surface area contributed by atoms with Crippen molar-refractivity contribution in [3.05, 3.63) is 29.8 Å². The molecule has 1 aromatic carbocycles. The Bertz CT molecular complexity index is 324. The van der Waals surface area contributed by atoms with Gasteiger partial charge >= 0.3 is 0 Å². The Balaban J connectivity index is 2.39. The SMILES string of the molecule is CCCC1(N)CCOc2ccccc21. The summed E-state index contributed by atoms with van der Waals surface area (Å²) in [5.41, 5.74) is 7.41. The second-order valence-corrected chi connectivity index (χ2v) is 4.00. The van der Waals surface area contributed by atoms with E-state index in [0.717, 1.165) is 31.6 Å². The first-order valence-corrected chi connectivity index (χ1v) is 5.27. The Morgan fingerprint density at radius 1 is 1.43 bits per heavy atom. The van der Waals surface area contributed by atoms with Crippen LogP contribution >= 0.6 is 0 Å². The van der Waals surface area contributed by atoms with Gasteiger partial charge < -0.3 is 10.5 Å².